The van der Waals surface area contributed by atoms with Crippen molar-refractivity contribution in [2.75, 3.05) is 13.1 Å². The Bertz CT molecular complexity index is 664. The van der Waals surface area contributed by atoms with Crippen LogP contribution in [0.15, 0.2) is 34.9 Å². The number of hydrogen-bond acceptors (Lipinski definition) is 4. The van der Waals surface area contributed by atoms with E-state index in [4.69, 9.17) is 4.52 Å². The number of aryl methyl sites for hydroxylation is 2. The number of hydrogen-bond donors (Lipinski definition) is 2. The van der Waals surface area contributed by atoms with Crippen molar-refractivity contribution in [3.8, 4) is 0 Å². The summed E-state index contributed by atoms with van der Waals surface area (Å²) in [6, 6.07) is 10.5. The van der Waals surface area contributed by atoms with Crippen LogP contribution in [-0.2, 0) is 13.1 Å². The number of urea groups is 1. The molecule has 0 saturated carbocycles. The second-order valence-electron chi connectivity index (χ2n) is 6.34. The van der Waals surface area contributed by atoms with Crippen LogP contribution in [0.3, 0.4) is 0 Å². The standard InChI is InChI=1S/C18H24N4O2/c1-13-17(14(2)24-21-13)10-19-18(23)20-16-8-9-22(12-16)11-15-6-4-3-5-7-15/h3-7,16H,8-12H2,1-2H3,(H2,19,20,23)/t16-/m0/s1. The summed E-state index contributed by atoms with van der Waals surface area (Å²) in [5.74, 6) is 0.753. The summed E-state index contributed by atoms with van der Waals surface area (Å²) in [6.45, 7) is 6.99. The minimum atomic E-state index is -0.137. The number of carbonyl (C=O) groups is 1. The van der Waals surface area contributed by atoms with Crippen LogP contribution >= 0.6 is 0 Å². The van der Waals surface area contributed by atoms with Crippen LogP contribution in [0.5, 0.6) is 0 Å². The maximum Gasteiger partial charge on any atom is 0.315 e. The second kappa shape index (κ2) is 7.49. The summed E-state index contributed by atoms with van der Waals surface area (Å²) >= 11 is 0. The summed E-state index contributed by atoms with van der Waals surface area (Å²) < 4.78 is 5.10. The number of nitrogens with zero attached hydrogens (tertiary/aromatic N) is 2. The minimum absolute atomic E-state index is 0.137. The molecule has 3 rings (SSSR count). The van der Waals surface area contributed by atoms with Gasteiger partial charge in [0.1, 0.15) is 5.76 Å². The van der Waals surface area contributed by atoms with Crippen LogP contribution in [-0.4, -0.2) is 35.2 Å². The van der Waals surface area contributed by atoms with Gasteiger partial charge in [0.15, 0.2) is 0 Å². The number of carbonyl (C=O) groups excluding carboxylic acids is 1. The molecule has 0 spiro atoms. The first-order valence-corrected chi connectivity index (χ1v) is 8.34. The lowest BCUT2D eigenvalue weighted by molar-refractivity contribution is 0.235. The molecule has 2 N–H and O–H groups in total. The Kier molecular flexibility index (Phi) is 5.15. The Morgan fingerprint density at radius 2 is 2.12 bits per heavy atom. The zero-order valence-electron chi connectivity index (χ0n) is 14.2. The molecule has 128 valence electrons. The number of amides is 2. The van der Waals surface area contributed by atoms with E-state index < -0.39 is 0 Å². The second-order valence-corrected chi connectivity index (χ2v) is 6.34. The van der Waals surface area contributed by atoms with Gasteiger partial charge in [0.25, 0.3) is 0 Å². The molecule has 1 aromatic heterocycles. The number of aromatic nitrogens is 1. The third kappa shape index (κ3) is 4.14. The number of rotatable bonds is 5. The third-order valence-electron chi connectivity index (χ3n) is 4.46. The van der Waals surface area contributed by atoms with Gasteiger partial charge >= 0.3 is 6.03 Å². The molecule has 0 radical (unpaired) electrons. The molecule has 0 bridgehead atoms. The molecule has 1 fully saturated rings. The van der Waals surface area contributed by atoms with E-state index >= 15 is 0 Å². The lowest BCUT2D eigenvalue weighted by Gasteiger charge is -2.17. The largest absolute Gasteiger partial charge is 0.361 e. The fourth-order valence-electron chi connectivity index (χ4n) is 3.10. The molecule has 6 nitrogen and oxygen atoms in total. The van der Waals surface area contributed by atoms with E-state index in [9.17, 15) is 4.79 Å². The van der Waals surface area contributed by atoms with E-state index in [2.05, 4.69) is 45.0 Å². The van der Waals surface area contributed by atoms with Crippen LogP contribution < -0.4 is 10.6 Å². The van der Waals surface area contributed by atoms with Gasteiger partial charge in [0.05, 0.1) is 5.69 Å². The fourth-order valence-corrected chi connectivity index (χ4v) is 3.10. The fraction of sp³-hybridized carbons (Fsp3) is 0.444. The van der Waals surface area contributed by atoms with Crippen molar-refractivity contribution >= 4 is 6.03 Å². The van der Waals surface area contributed by atoms with Crippen molar-refractivity contribution in [3.63, 3.8) is 0 Å². The number of likely N-dealkylation sites (tertiary alicyclic amines) is 1. The van der Waals surface area contributed by atoms with E-state index in [1.807, 2.05) is 19.9 Å². The molecule has 1 aliphatic heterocycles. The minimum Gasteiger partial charge on any atom is -0.361 e. The summed E-state index contributed by atoms with van der Waals surface area (Å²) in [5.41, 5.74) is 3.07. The van der Waals surface area contributed by atoms with Crippen molar-refractivity contribution < 1.29 is 9.32 Å². The van der Waals surface area contributed by atoms with Crippen molar-refractivity contribution in [1.29, 1.82) is 0 Å². The highest BCUT2D eigenvalue weighted by molar-refractivity contribution is 5.74. The van der Waals surface area contributed by atoms with E-state index in [-0.39, 0.29) is 12.1 Å². The van der Waals surface area contributed by atoms with E-state index in [1.165, 1.54) is 5.56 Å². The van der Waals surface area contributed by atoms with E-state index in [0.29, 0.717) is 6.54 Å². The third-order valence-corrected chi connectivity index (χ3v) is 4.46. The van der Waals surface area contributed by atoms with Crippen molar-refractivity contribution in [3.05, 3.63) is 52.9 Å². The normalized spacial score (nSPS) is 17.8. The molecular weight excluding hydrogens is 304 g/mol. The molecule has 2 amide bonds. The Labute approximate surface area is 142 Å². The lowest BCUT2D eigenvalue weighted by atomic mass is 10.2. The van der Waals surface area contributed by atoms with Gasteiger partial charge in [-0.15, -0.1) is 0 Å². The summed E-state index contributed by atoms with van der Waals surface area (Å²) in [6.07, 6.45) is 0.978. The molecular formula is C18H24N4O2. The van der Waals surface area contributed by atoms with Gasteiger partial charge in [-0.25, -0.2) is 4.79 Å². The van der Waals surface area contributed by atoms with Gasteiger partial charge in [-0.2, -0.15) is 0 Å². The van der Waals surface area contributed by atoms with Gasteiger partial charge in [-0.1, -0.05) is 35.5 Å². The molecule has 24 heavy (non-hydrogen) atoms. The van der Waals surface area contributed by atoms with Crippen LogP contribution in [0.4, 0.5) is 4.79 Å². The molecule has 2 aromatic rings. The number of nitrogens with one attached hydrogen (secondary N) is 2. The molecule has 1 atom stereocenters. The van der Waals surface area contributed by atoms with Crippen LogP contribution in [0.25, 0.3) is 0 Å². The first-order valence-electron chi connectivity index (χ1n) is 8.34. The topological polar surface area (TPSA) is 70.4 Å². The predicted octanol–water partition coefficient (Wildman–Crippen LogP) is 2.37. The molecule has 1 saturated heterocycles. The monoisotopic (exact) mass is 328 g/mol. The lowest BCUT2D eigenvalue weighted by Crippen LogP contribution is -2.43. The van der Waals surface area contributed by atoms with Crippen LogP contribution in [0.1, 0.15) is 29.0 Å². The molecule has 1 aromatic carbocycles. The SMILES string of the molecule is Cc1noc(C)c1CNC(=O)N[C@H]1CCN(Cc2ccccc2)C1. The van der Waals surface area contributed by atoms with Gasteiger partial charge in [0, 0.05) is 37.8 Å². The Morgan fingerprint density at radius 1 is 1.33 bits per heavy atom. The predicted molar refractivity (Wildman–Crippen MR) is 91.5 cm³/mol. The van der Waals surface area contributed by atoms with Crippen LogP contribution in [0.2, 0.25) is 0 Å². The molecule has 2 heterocycles. The highest BCUT2D eigenvalue weighted by Crippen LogP contribution is 2.14. The summed E-state index contributed by atoms with van der Waals surface area (Å²) in [4.78, 5) is 14.5. The van der Waals surface area contributed by atoms with Crippen molar-refractivity contribution in [2.24, 2.45) is 0 Å². The quantitative estimate of drug-likeness (QED) is 0.884. The van der Waals surface area contributed by atoms with Gasteiger partial charge in [-0.3, -0.25) is 4.90 Å². The maximum absolute atomic E-state index is 12.1. The Morgan fingerprint density at radius 3 is 2.83 bits per heavy atom. The molecule has 1 aliphatic rings. The van der Waals surface area contributed by atoms with E-state index in [0.717, 1.165) is 43.1 Å². The maximum atomic E-state index is 12.1. The zero-order chi connectivity index (χ0) is 16.9. The first-order chi connectivity index (χ1) is 11.6. The average Bonchev–Trinajstić information content (AvgIpc) is 3.13. The average molecular weight is 328 g/mol. The van der Waals surface area contributed by atoms with Gasteiger partial charge in [0.2, 0.25) is 0 Å². The van der Waals surface area contributed by atoms with Crippen molar-refractivity contribution in [1.82, 2.24) is 20.7 Å². The Balaban J connectivity index is 1.43. The zero-order valence-corrected chi connectivity index (χ0v) is 14.2. The summed E-state index contributed by atoms with van der Waals surface area (Å²) in [5, 5.41) is 9.84. The smallest absolute Gasteiger partial charge is 0.315 e. The van der Waals surface area contributed by atoms with Crippen LogP contribution in [0, 0.1) is 13.8 Å². The van der Waals surface area contributed by atoms with Crippen molar-refractivity contribution in [2.45, 2.75) is 39.4 Å². The molecule has 0 unspecified atom stereocenters. The summed E-state index contributed by atoms with van der Waals surface area (Å²) in [7, 11) is 0. The molecule has 0 aliphatic carbocycles. The Hall–Kier alpha value is -2.34. The van der Waals surface area contributed by atoms with Gasteiger partial charge < -0.3 is 15.2 Å². The molecule has 6 heteroatoms. The highest BCUT2D eigenvalue weighted by Gasteiger charge is 2.23. The first kappa shape index (κ1) is 16.5. The highest BCUT2D eigenvalue weighted by atomic mass is 16.5. The van der Waals surface area contributed by atoms with Gasteiger partial charge in [-0.05, 0) is 25.8 Å². The van der Waals surface area contributed by atoms with E-state index in [1.54, 1.807) is 0 Å². The number of benzene rings is 1.